The van der Waals surface area contributed by atoms with E-state index in [0.717, 1.165) is 21.8 Å². The lowest BCUT2D eigenvalue weighted by atomic mass is 10.1. The van der Waals surface area contributed by atoms with E-state index >= 15 is 0 Å². The summed E-state index contributed by atoms with van der Waals surface area (Å²) in [7, 11) is 0. The van der Waals surface area contributed by atoms with Gasteiger partial charge in [-0.2, -0.15) is 0 Å². The fourth-order valence-electron chi connectivity index (χ4n) is 1.70. The predicted octanol–water partition coefficient (Wildman–Crippen LogP) is 1.96. The Bertz CT molecular complexity index is 553. The summed E-state index contributed by atoms with van der Waals surface area (Å²) >= 11 is 0. The van der Waals surface area contributed by atoms with Gasteiger partial charge in [0.1, 0.15) is 0 Å². The van der Waals surface area contributed by atoms with Gasteiger partial charge in [-0.15, -0.1) is 0 Å². The van der Waals surface area contributed by atoms with Crippen LogP contribution in [-0.4, -0.2) is 15.4 Å². The van der Waals surface area contributed by atoms with E-state index in [1.807, 2.05) is 24.4 Å². The van der Waals surface area contributed by atoms with Gasteiger partial charge in [-0.1, -0.05) is 12.1 Å². The van der Waals surface area contributed by atoms with Crippen LogP contribution in [0.2, 0.25) is 0 Å². The van der Waals surface area contributed by atoms with Crippen molar-refractivity contribution in [3.8, 4) is 0 Å². The van der Waals surface area contributed by atoms with Gasteiger partial charge in [0.2, 0.25) is 0 Å². The van der Waals surface area contributed by atoms with Gasteiger partial charge >= 0.3 is 0 Å². The molecule has 74 valence electrons. The van der Waals surface area contributed by atoms with E-state index in [9.17, 15) is 0 Å². The normalized spacial score (nSPS) is 10.1. The van der Waals surface area contributed by atoms with Gasteiger partial charge in [-0.3, -0.25) is 9.97 Å². The van der Waals surface area contributed by atoms with Crippen LogP contribution in [0.3, 0.4) is 0 Å². The minimum atomic E-state index is 0. The molecule has 0 atom stereocenters. The first-order valence-electron chi connectivity index (χ1n) is 4.53. The van der Waals surface area contributed by atoms with Crippen molar-refractivity contribution in [2.75, 3.05) is 0 Å². The Labute approximate surface area is 86.7 Å². The lowest BCUT2D eigenvalue weighted by Gasteiger charge is -2.00. The fourth-order valence-corrected chi connectivity index (χ4v) is 1.70. The Morgan fingerprint density at radius 2 is 1.60 bits per heavy atom. The first-order chi connectivity index (χ1) is 6.95. The summed E-state index contributed by atoms with van der Waals surface area (Å²) < 4.78 is 0. The molecule has 0 aliphatic heterocycles. The molecule has 0 spiro atoms. The van der Waals surface area contributed by atoms with Crippen LogP contribution < -0.4 is 0 Å². The molecule has 0 aliphatic rings. The maximum atomic E-state index is 4.37. The monoisotopic (exact) mass is 198 g/mol. The molecule has 0 unspecified atom stereocenters. The van der Waals surface area contributed by atoms with Crippen molar-refractivity contribution in [3.63, 3.8) is 0 Å². The zero-order valence-corrected chi connectivity index (χ0v) is 8.01. The van der Waals surface area contributed by atoms with E-state index in [1.54, 1.807) is 6.20 Å². The summed E-state index contributed by atoms with van der Waals surface area (Å²) in [5, 5.41) is 2.28. The van der Waals surface area contributed by atoms with Crippen LogP contribution in [0.15, 0.2) is 48.8 Å². The molecule has 3 aromatic rings. The second-order valence-electron chi connectivity index (χ2n) is 3.21. The van der Waals surface area contributed by atoms with Crippen molar-refractivity contribution >= 4 is 21.8 Å². The number of rotatable bonds is 0. The highest BCUT2D eigenvalue weighted by Gasteiger charge is 1.99. The van der Waals surface area contributed by atoms with Gasteiger partial charge in [0.15, 0.2) is 0 Å². The summed E-state index contributed by atoms with van der Waals surface area (Å²) in [4.78, 5) is 8.66. The maximum absolute atomic E-state index is 4.37. The van der Waals surface area contributed by atoms with E-state index in [0.29, 0.717) is 0 Å². The smallest absolute Gasteiger partial charge is 0.0795 e. The molecule has 0 fully saturated rings. The van der Waals surface area contributed by atoms with E-state index < -0.39 is 0 Å². The second kappa shape index (κ2) is 3.63. The maximum Gasteiger partial charge on any atom is 0.0795 e. The molecular formula is C12H10N2O. The molecule has 0 saturated carbocycles. The quantitative estimate of drug-likeness (QED) is 0.518. The average Bonchev–Trinajstić information content (AvgIpc) is 2.29. The van der Waals surface area contributed by atoms with Crippen LogP contribution in [0.25, 0.3) is 21.8 Å². The molecule has 2 heterocycles. The summed E-state index contributed by atoms with van der Waals surface area (Å²) in [6, 6.07) is 12.1. The van der Waals surface area contributed by atoms with Crippen LogP contribution in [0, 0.1) is 0 Å². The minimum Gasteiger partial charge on any atom is -0.412 e. The number of hydrogen-bond donors (Lipinski definition) is 0. The number of hydrogen-bond acceptors (Lipinski definition) is 2. The minimum absolute atomic E-state index is 0. The molecule has 3 rings (SSSR count). The van der Waals surface area contributed by atoms with Gasteiger partial charge in [0.25, 0.3) is 0 Å². The topological polar surface area (TPSA) is 57.3 Å². The SMILES string of the molecule is O.c1cnc2c(c1)ccc1ncccc12. The third kappa shape index (κ3) is 1.43. The van der Waals surface area contributed by atoms with E-state index in [4.69, 9.17) is 0 Å². The van der Waals surface area contributed by atoms with Crippen LogP contribution in [0.4, 0.5) is 0 Å². The molecule has 0 amide bonds. The molecule has 1 aromatic carbocycles. The summed E-state index contributed by atoms with van der Waals surface area (Å²) in [6.07, 6.45) is 3.62. The highest BCUT2D eigenvalue weighted by atomic mass is 16.0. The Hall–Kier alpha value is -2.00. The predicted molar refractivity (Wildman–Crippen MR) is 60.7 cm³/mol. The zero-order chi connectivity index (χ0) is 9.38. The zero-order valence-electron chi connectivity index (χ0n) is 8.01. The summed E-state index contributed by atoms with van der Waals surface area (Å²) in [5.74, 6) is 0. The van der Waals surface area contributed by atoms with Crippen molar-refractivity contribution in [3.05, 3.63) is 48.8 Å². The molecule has 2 N–H and O–H groups in total. The highest BCUT2D eigenvalue weighted by Crippen LogP contribution is 2.20. The first kappa shape index (κ1) is 9.55. The van der Waals surface area contributed by atoms with E-state index in [-0.39, 0.29) is 5.48 Å². The van der Waals surface area contributed by atoms with Crippen molar-refractivity contribution in [1.82, 2.24) is 9.97 Å². The van der Waals surface area contributed by atoms with Crippen LogP contribution >= 0.6 is 0 Å². The molecule has 0 bridgehead atoms. The number of nitrogens with zero attached hydrogens (tertiary/aromatic N) is 2. The van der Waals surface area contributed by atoms with Crippen LogP contribution in [0.1, 0.15) is 0 Å². The Balaban J connectivity index is 0.000000853. The Morgan fingerprint density at radius 3 is 2.53 bits per heavy atom. The third-order valence-corrected chi connectivity index (χ3v) is 2.35. The fraction of sp³-hybridized carbons (Fsp3) is 0. The summed E-state index contributed by atoms with van der Waals surface area (Å²) in [5.41, 5.74) is 2.02. The standard InChI is InChI=1S/C12H8N2.H2O/c1-3-9-5-6-11-10(4-2-7-13-11)12(9)14-8-1;/h1-8H;1H2. The molecule has 0 radical (unpaired) electrons. The van der Waals surface area contributed by atoms with Gasteiger partial charge in [0.05, 0.1) is 11.0 Å². The highest BCUT2D eigenvalue weighted by molar-refractivity contribution is 6.03. The van der Waals surface area contributed by atoms with Crippen molar-refractivity contribution in [2.24, 2.45) is 0 Å². The molecule has 0 saturated heterocycles. The first-order valence-corrected chi connectivity index (χ1v) is 4.53. The molecule has 15 heavy (non-hydrogen) atoms. The van der Waals surface area contributed by atoms with Crippen LogP contribution in [-0.2, 0) is 0 Å². The van der Waals surface area contributed by atoms with Crippen molar-refractivity contribution in [2.45, 2.75) is 0 Å². The lowest BCUT2D eigenvalue weighted by Crippen LogP contribution is -1.82. The number of fused-ring (bicyclic) bond motifs is 3. The van der Waals surface area contributed by atoms with Gasteiger partial charge in [0, 0.05) is 23.2 Å². The Morgan fingerprint density at radius 1 is 0.800 bits per heavy atom. The number of benzene rings is 1. The average molecular weight is 198 g/mol. The third-order valence-electron chi connectivity index (χ3n) is 2.35. The number of aromatic nitrogens is 2. The van der Waals surface area contributed by atoms with Crippen molar-refractivity contribution in [1.29, 1.82) is 0 Å². The van der Waals surface area contributed by atoms with E-state index in [2.05, 4.69) is 28.2 Å². The van der Waals surface area contributed by atoms with Gasteiger partial charge < -0.3 is 5.48 Å². The van der Waals surface area contributed by atoms with Gasteiger partial charge in [-0.05, 0) is 24.3 Å². The van der Waals surface area contributed by atoms with Crippen molar-refractivity contribution < 1.29 is 5.48 Å². The molecule has 3 heteroatoms. The molecule has 2 aromatic heterocycles. The largest absolute Gasteiger partial charge is 0.412 e. The number of pyridine rings is 2. The van der Waals surface area contributed by atoms with E-state index in [1.165, 1.54) is 0 Å². The molecule has 3 nitrogen and oxygen atoms in total. The molecule has 0 aliphatic carbocycles. The lowest BCUT2D eigenvalue weighted by molar-refractivity contribution is 0.824. The second-order valence-corrected chi connectivity index (χ2v) is 3.21. The van der Waals surface area contributed by atoms with Gasteiger partial charge in [-0.25, -0.2) is 0 Å². The van der Waals surface area contributed by atoms with Crippen LogP contribution in [0.5, 0.6) is 0 Å². The summed E-state index contributed by atoms with van der Waals surface area (Å²) in [6.45, 7) is 0. The Kier molecular flexibility index (Phi) is 2.31. The molecular weight excluding hydrogens is 188 g/mol.